The second kappa shape index (κ2) is 9.54. The number of hydrogen-bond acceptors (Lipinski definition) is 1. The molecule has 3 rings (SSSR count). The molecule has 0 aromatic heterocycles. The van der Waals surface area contributed by atoms with Crippen molar-refractivity contribution in [3.05, 3.63) is 113 Å². The van der Waals surface area contributed by atoms with Crippen LogP contribution >= 0.6 is 0 Å². The predicted octanol–water partition coefficient (Wildman–Crippen LogP) is 5.35. The van der Waals surface area contributed by atoms with Gasteiger partial charge in [-0.15, -0.1) is 0 Å². The van der Waals surface area contributed by atoms with Gasteiger partial charge in [-0.05, 0) is 36.1 Å². The fourth-order valence-electron chi connectivity index (χ4n) is 3.14. The van der Waals surface area contributed by atoms with Crippen molar-refractivity contribution in [1.29, 1.82) is 0 Å². The van der Waals surface area contributed by atoms with Gasteiger partial charge in [-0.2, -0.15) is 0 Å². The maximum atomic E-state index is 12.1. The summed E-state index contributed by atoms with van der Waals surface area (Å²) < 4.78 is 0. The third-order valence-corrected chi connectivity index (χ3v) is 4.64. The molecule has 0 atom stereocenters. The summed E-state index contributed by atoms with van der Waals surface area (Å²) in [6, 6.07) is 29.0. The lowest BCUT2D eigenvalue weighted by Crippen LogP contribution is -2.23. The van der Waals surface area contributed by atoms with Crippen molar-refractivity contribution in [3.8, 4) is 0 Å². The van der Waals surface area contributed by atoms with Crippen LogP contribution in [0.5, 0.6) is 0 Å². The van der Waals surface area contributed by atoms with Gasteiger partial charge in [0.05, 0.1) is 0 Å². The topological polar surface area (TPSA) is 29.1 Å². The Kier molecular flexibility index (Phi) is 6.59. The molecule has 1 N–H and O–H groups in total. The van der Waals surface area contributed by atoms with Crippen LogP contribution in [0.2, 0.25) is 0 Å². The minimum Gasteiger partial charge on any atom is -0.353 e. The molecule has 2 nitrogen and oxygen atoms in total. The number of nitrogens with one attached hydrogen (secondary N) is 1. The van der Waals surface area contributed by atoms with Gasteiger partial charge in [-0.1, -0.05) is 90.5 Å². The summed E-state index contributed by atoms with van der Waals surface area (Å²) in [6.07, 6.45) is 4.31. The van der Waals surface area contributed by atoms with Crippen molar-refractivity contribution in [3.63, 3.8) is 0 Å². The number of carbonyl (C=O) groups is 1. The van der Waals surface area contributed by atoms with Crippen LogP contribution in [-0.4, -0.2) is 12.5 Å². The van der Waals surface area contributed by atoms with Crippen LogP contribution in [-0.2, 0) is 4.79 Å². The summed E-state index contributed by atoms with van der Waals surface area (Å²) in [4.78, 5) is 12.1. The molecule has 3 aromatic rings. The second-order valence-electron chi connectivity index (χ2n) is 6.70. The quantitative estimate of drug-likeness (QED) is 0.569. The van der Waals surface area contributed by atoms with Gasteiger partial charge in [0.2, 0.25) is 5.91 Å². The number of hydrogen-bond donors (Lipinski definition) is 1. The minimum atomic E-state index is -0.0598. The van der Waals surface area contributed by atoms with Gasteiger partial charge in [0.1, 0.15) is 0 Å². The number of amides is 1. The standard InChI is InChI=1S/C25H25NO/c1-20-12-14-21(15-13-20)16-17-25(27)26-19-18-24(22-8-4-2-5-9-22)23-10-6-3-7-11-23/h2-17,24H,18-19H2,1H3,(H,26,27)/b17-16-. The van der Waals surface area contributed by atoms with Crippen molar-refractivity contribution in [1.82, 2.24) is 5.32 Å². The molecule has 0 bridgehead atoms. The van der Waals surface area contributed by atoms with Gasteiger partial charge >= 0.3 is 0 Å². The van der Waals surface area contributed by atoms with Crippen LogP contribution in [0.3, 0.4) is 0 Å². The maximum absolute atomic E-state index is 12.1. The summed E-state index contributed by atoms with van der Waals surface area (Å²) >= 11 is 0. The third kappa shape index (κ3) is 5.68. The SMILES string of the molecule is Cc1ccc(/C=C\C(=O)NCCC(c2ccccc2)c2ccccc2)cc1. The first-order valence-corrected chi connectivity index (χ1v) is 9.35. The highest BCUT2D eigenvalue weighted by Crippen LogP contribution is 2.27. The Bertz CT molecular complexity index is 828. The van der Waals surface area contributed by atoms with Crippen molar-refractivity contribution >= 4 is 12.0 Å². The van der Waals surface area contributed by atoms with Gasteiger partial charge in [-0.25, -0.2) is 0 Å². The molecule has 0 aliphatic heterocycles. The fourth-order valence-corrected chi connectivity index (χ4v) is 3.14. The molecule has 0 spiro atoms. The third-order valence-electron chi connectivity index (χ3n) is 4.64. The van der Waals surface area contributed by atoms with E-state index in [2.05, 4.69) is 60.8 Å². The summed E-state index contributed by atoms with van der Waals surface area (Å²) in [5.41, 5.74) is 4.79. The molecule has 0 saturated carbocycles. The van der Waals surface area contributed by atoms with Crippen LogP contribution in [0.15, 0.2) is 91.0 Å². The van der Waals surface area contributed by atoms with Crippen molar-refractivity contribution in [2.24, 2.45) is 0 Å². The van der Waals surface area contributed by atoms with E-state index in [4.69, 9.17) is 0 Å². The average molecular weight is 355 g/mol. The zero-order chi connectivity index (χ0) is 18.9. The fraction of sp³-hybridized carbons (Fsp3) is 0.160. The Balaban J connectivity index is 1.59. The molecule has 0 radical (unpaired) electrons. The van der Waals surface area contributed by atoms with Crippen LogP contribution in [0.1, 0.15) is 34.6 Å². The van der Waals surface area contributed by atoms with Crippen molar-refractivity contribution < 1.29 is 4.79 Å². The molecule has 0 heterocycles. The van der Waals surface area contributed by atoms with E-state index in [0.717, 1.165) is 12.0 Å². The molecule has 27 heavy (non-hydrogen) atoms. The number of carbonyl (C=O) groups excluding carboxylic acids is 1. The van der Waals surface area contributed by atoms with Gasteiger partial charge in [-0.3, -0.25) is 4.79 Å². The maximum Gasteiger partial charge on any atom is 0.243 e. The molecule has 0 aliphatic rings. The van der Waals surface area contributed by atoms with Gasteiger partial charge < -0.3 is 5.32 Å². The Morgan fingerprint density at radius 1 is 0.852 bits per heavy atom. The lowest BCUT2D eigenvalue weighted by atomic mass is 9.88. The van der Waals surface area contributed by atoms with Gasteiger partial charge in [0, 0.05) is 18.5 Å². The van der Waals surface area contributed by atoms with Gasteiger partial charge in [0.15, 0.2) is 0 Å². The lowest BCUT2D eigenvalue weighted by molar-refractivity contribution is -0.116. The molecule has 0 fully saturated rings. The Hall–Kier alpha value is -3.13. The van der Waals surface area contributed by atoms with Crippen LogP contribution in [0.25, 0.3) is 6.08 Å². The highest BCUT2D eigenvalue weighted by molar-refractivity contribution is 5.91. The monoisotopic (exact) mass is 355 g/mol. The van der Waals surface area contributed by atoms with E-state index in [1.807, 2.05) is 42.5 Å². The van der Waals surface area contributed by atoms with E-state index in [-0.39, 0.29) is 11.8 Å². The van der Waals surface area contributed by atoms with Crippen molar-refractivity contribution in [2.75, 3.05) is 6.54 Å². The highest BCUT2D eigenvalue weighted by Gasteiger charge is 2.13. The molecule has 2 heteroatoms. The molecule has 0 unspecified atom stereocenters. The van der Waals surface area contributed by atoms with Crippen molar-refractivity contribution in [2.45, 2.75) is 19.3 Å². The van der Waals surface area contributed by atoms with Crippen LogP contribution in [0.4, 0.5) is 0 Å². The summed E-state index contributed by atoms with van der Waals surface area (Å²) in [5.74, 6) is 0.212. The second-order valence-corrected chi connectivity index (χ2v) is 6.70. The lowest BCUT2D eigenvalue weighted by Gasteiger charge is -2.18. The smallest absolute Gasteiger partial charge is 0.243 e. The molecule has 3 aromatic carbocycles. The zero-order valence-electron chi connectivity index (χ0n) is 15.6. The van der Waals surface area contributed by atoms with Crippen LogP contribution in [0, 0.1) is 6.92 Å². The molecular formula is C25H25NO. The Labute approximate surface area is 161 Å². The van der Waals surface area contributed by atoms with E-state index in [1.54, 1.807) is 6.08 Å². The largest absolute Gasteiger partial charge is 0.353 e. The normalized spacial score (nSPS) is 11.0. The molecule has 0 saturated heterocycles. The number of benzene rings is 3. The minimum absolute atomic E-state index is 0.0598. The van der Waals surface area contributed by atoms with E-state index < -0.39 is 0 Å². The average Bonchev–Trinajstić information content (AvgIpc) is 2.72. The first kappa shape index (κ1) is 18.7. The predicted molar refractivity (Wildman–Crippen MR) is 113 cm³/mol. The molecule has 1 amide bonds. The van der Waals surface area contributed by atoms with Crippen LogP contribution < -0.4 is 5.32 Å². The first-order valence-electron chi connectivity index (χ1n) is 9.35. The molecule has 136 valence electrons. The highest BCUT2D eigenvalue weighted by atomic mass is 16.1. The zero-order valence-corrected chi connectivity index (χ0v) is 15.6. The summed E-state index contributed by atoms with van der Waals surface area (Å²) in [5, 5.41) is 3.01. The van der Waals surface area contributed by atoms with E-state index in [0.29, 0.717) is 6.54 Å². The number of rotatable bonds is 7. The van der Waals surface area contributed by atoms with E-state index in [1.165, 1.54) is 16.7 Å². The first-order chi connectivity index (χ1) is 13.2. The molecular weight excluding hydrogens is 330 g/mol. The summed E-state index contributed by atoms with van der Waals surface area (Å²) in [7, 11) is 0. The van der Waals surface area contributed by atoms with E-state index in [9.17, 15) is 4.79 Å². The van der Waals surface area contributed by atoms with E-state index >= 15 is 0 Å². The van der Waals surface area contributed by atoms with Gasteiger partial charge in [0.25, 0.3) is 0 Å². The summed E-state index contributed by atoms with van der Waals surface area (Å²) in [6.45, 7) is 2.68. The number of aryl methyl sites for hydroxylation is 1. The molecule has 0 aliphatic carbocycles. The Morgan fingerprint density at radius 3 is 1.96 bits per heavy atom. The Morgan fingerprint density at radius 2 is 1.41 bits per heavy atom.